The van der Waals surface area contributed by atoms with Crippen molar-refractivity contribution in [3.8, 4) is 0 Å². The van der Waals surface area contributed by atoms with Crippen molar-refractivity contribution in [2.45, 2.75) is 45.2 Å². The summed E-state index contributed by atoms with van der Waals surface area (Å²) in [6, 6.07) is 19.3. The van der Waals surface area contributed by atoms with E-state index in [4.69, 9.17) is 0 Å². The lowest BCUT2D eigenvalue weighted by Crippen LogP contribution is -2.23. The minimum atomic E-state index is 0.290. The maximum atomic E-state index is 11.7. The molecule has 1 unspecified atom stereocenters. The molecular weight excluding hydrogens is 308 g/mol. The van der Waals surface area contributed by atoms with Crippen LogP contribution >= 0.6 is 0 Å². The van der Waals surface area contributed by atoms with Crippen LogP contribution in [-0.4, -0.2) is 23.9 Å². The van der Waals surface area contributed by atoms with Crippen LogP contribution in [0.25, 0.3) is 0 Å². The van der Waals surface area contributed by atoms with E-state index in [2.05, 4.69) is 66.8 Å². The van der Waals surface area contributed by atoms with Crippen LogP contribution in [0, 0.1) is 0 Å². The quantitative estimate of drug-likeness (QED) is 0.736. The first-order valence-corrected chi connectivity index (χ1v) is 9.33. The number of nitrogens with one attached hydrogen (secondary N) is 1. The summed E-state index contributed by atoms with van der Waals surface area (Å²) >= 11 is 0. The number of amides is 1. The first-order valence-electron chi connectivity index (χ1n) is 9.33. The molecule has 3 heteroatoms. The second-order valence-corrected chi connectivity index (χ2v) is 7.01. The minimum absolute atomic E-state index is 0.290. The molecule has 1 saturated heterocycles. The lowest BCUT2D eigenvalue weighted by molar-refractivity contribution is -0.128. The fraction of sp³-hybridized carbons (Fsp3) is 0.409. The van der Waals surface area contributed by atoms with Gasteiger partial charge in [0.25, 0.3) is 0 Å². The van der Waals surface area contributed by atoms with E-state index in [1.807, 2.05) is 4.90 Å². The molecule has 132 valence electrons. The lowest BCUT2D eigenvalue weighted by atomic mass is 9.98. The molecule has 0 aromatic heterocycles. The van der Waals surface area contributed by atoms with Gasteiger partial charge < -0.3 is 10.2 Å². The Kier molecular flexibility index (Phi) is 6.24. The van der Waals surface area contributed by atoms with Crippen molar-refractivity contribution in [2.24, 2.45) is 0 Å². The van der Waals surface area contributed by atoms with Crippen LogP contribution in [0.3, 0.4) is 0 Å². The number of likely N-dealkylation sites (tertiary alicyclic amines) is 1. The summed E-state index contributed by atoms with van der Waals surface area (Å²) in [5.74, 6) is 0.868. The summed E-state index contributed by atoms with van der Waals surface area (Å²) in [6.07, 6.45) is 2.85. The van der Waals surface area contributed by atoms with Crippen LogP contribution in [0.15, 0.2) is 54.6 Å². The number of carbonyl (C=O) groups excluding carboxylic acids is 1. The number of benzene rings is 2. The zero-order chi connectivity index (χ0) is 17.5. The Balaban J connectivity index is 1.39. The molecule has 0 radical (unpaired) electrons. The van der Waals surface area contributed by atoms with Gasteiger partial charge in [-0.1, -0.05) is 61.5 Å². The molecule has 1 fully saturated rings. The Morgan fingerprint density at radius 3 is 2.44 bits per heavy atom. The van der Waals surface area contributed by atoms with Crippen LogP contribution in [0.2, 0.25) is 0 Å². The Bertz CT molecular complexity index is 666. The molecule has 2 aromatic carbocycles. The molecule has 3 nitrogen and oxygen atoms in total. The summed E-state index contributed by atoms with van der Waals surface area (Å²) in [6.45, 7) is 5.85. The van der Waals surface area contributed by atoms with Gasteiger partial charge in [-0.15, -0.1) is 0 Å². The molecule has 0 bridgehead atoms. The highest BCUT2D eigenvalue weighted by Gasteiger charge is 2.19. The molecule has 1 N–H and O–H groups in total. The molecule has 3 rings (SSSR count). The van der Waals surface area contributed by atoms with Crippen molar-refractivity contribution >= 4 is 5.91 Å². The fourth-order valence-corrected chi connectivity index (χ4v) is 3.35. The van der Waals surface area contributed by atoms with E-state index >= 15 is 0 Å². The van der Waals surface area contributed by atoms with Gasteiger partial charge in [0.05, 0.1) is 0 Å². The molecule has 2 aromatic rings. The average molecular weight is 336 g/mol. The molecule has 1 amide bonds. The van der Waals surface area contributed by atoms with E-state index in [1.54, 1.807) is 0 Å². The van der Waals surface area contributed by atoms with Gasteiger partial charge in [-0.25, -0.2) is 0 Å². The summed E-state index contributed by atoms with van der Waals surface area (Å²) in [5.41, 5.74) is 3.92. The third kappa shape index (κ3) is 5.17. The normalized spacial score (nSPS) is 15.6. The van der Waals surface area contributed by atoms with Gasteiger partial charge in [0.2, 0.25) is 5.91 Å². The molecular formula is C22H28N2O. The first kappa shape index (κ1) is 17.7. The van der Waals surface area contributed by atoms with Crippen LogP contribution in [0.1, 0.15) is 48.8 Å². The van der Waals surface area contributed by atoms with Crippen LogP contribution < -0.4 is 5.32 Å². The van der Waals surface area contributed by atoms with Crippen molar-refractivity contribution in [3.63, 3.8) is 0 Å². The minimum Gasteiger partial charge on any atom is -0.338 e. The molecule has 0 spiro atoms. The molecule has 0 saturated carbocycles. The molecule has 1 heterocycles. The van der Waals surface area contributed by atoms with Gasteiger partial charge in [-0.3, -0.25) is 4.79 Å². The lowest BCUT2D eigenvalue weighted by Gasteiger charge is -2.16. The predicted octanol–water partition coefficient (Wildman–Crippen LogP) is 4.09. The highest BCUT2D eigenvalue weighted by Crippen LogP contribution is 2.18. The van der Waals surface area contributed by atoms with Crippen molar-refractivity contribution in [1.29, 1.82) is 0 Å². The van der Waals surface area contributed by atoms with Crippen LogP contribution in [0.5, 0.6) is 0 Å². The van der Waals surface area contributed by atoms with E-state index in [0.717, 1.165) is 39.0 Å². The van der Waals surface area contributed by atoms with Crippen molar-refractivity contribution < 1.29 is 4.79 Å². The van der Waals surface area contributed by atoms with Gasteiger partial charge >= 0.3 is 0 Å². The standard InChI is InChI=1S/C22H28N2O/c1-18(21-6-3-2-4-7-21)13-14-23-16-19-9-11-20(12-10-19)17-24-15-5-8-22(24)25/h2-4,6-7,9-12,18,23H,5,8,13-17H2,1H3. The Morgan fingerprint density at radius 1 is 1.04 bits per heavy atom. The van der Waals surface area contributed by atoms with Crippen LogP contribution in [0.4, 0.5) is 0 Å². The SMILES string of the molecule is CC(CCNCc1ccc(CN2CCCC2=O)cc1)c1ccccc1. The molecule has 1 atom stereocenters. The third-order valence-corrected chi connectivity index (χ3v) is 5.02. The van der Waals surface area contributed by atoms with Gasteiger partial charge in [0, 0.05) is 26.1 Å². The Morgan fingerprint density at radius 2 is 1.76 bits per heavy atom. The van der Waals surface area contributed by atoms with Crippen molar-refractivity contribution in [1.82, 2.24) is 10.2 Å². The van der Waals surface area contributed by atoms with Gasteiger partial charge in [-0.05, 0) is 42.0 Å². The van der Waals surface area contributed by atoms with Gasteiger partial charge in [-0.2, -0.15) is 0 Å². The molecule has 1 aliphatic rings. The monoisotopic (exact) mass is 336 g/mol. The molecule has 25 heavy (non-hydrogen) atoms. The van der Waals surface area contributed by atoms with E-state index in [-0.39, 0.29) is 0 Å². The maximum absolute atomic E-state index is 11.7. The van der Waals surface area contributed by atoms with E-state index < -0.39 is 0 Å². The second kappa shape index (κ2) is 8.82. The number of rotatable bonds is 8. The highest BCUT2D eigenvalue weighted by atomic mass is 16.2. The van der Waals surface area contributed by atoms with Crippen molar-refractivity contribution in [3.05, 3.63) is 71.3 Å². The number of nitrogens with zero attached hydrogens (tertiary/aromatic N) is 1. The number of carbonyl (C=O) groups is 1. The summed E-state index contributed by atoms with van der Waals surface area (Å²) in [7, 11) is 0. The number of hydrogen-bond donors (Lipinski definition) is 1. The average Bonchev–Trinajstić information content (AvgIpc) is 3.05. The zero-order valence-corrected chi connectivity index (χ0v) is 15.1. The summed E-state index contributed by atoms with van der Waals surface area (Å²) in [5, 5.41) is 3.54. The summed E-state index contributed by atoms with van der Waals surface area (Å²) in [4.78, 5) is 13.6. The van der Waals surface area contributed by atoms with Crippen LogP contribution in [-0.2, 0) is 17.9 Å². The maximum Gasteiger partial charge on any atom is 0.222 e. The Labute approximate surface area is 151 Å². The second-order valence-electron chi connectivity index (χ2n) is 7.01. The van der Waals surface area contributed by atoms with E-state index in [9.17, 15) is 4.79 Å². The smallest absolute Gasteiger partial charge is 0.222 e. The largest absolute Gasteiger partial charge is 0.338 e. The van der Waals surface area contributed by atoms with Gasteiger partial charge in [0.1, 0.15) is 0 Å². The predicted molar refractivity (Wildman–Crippen MR) is 102 cm³/mol. The first-order chi connectivity index (χ1) is 12.2. The number of hydrogen-bond acceptors (Lipinski definition) is 2. The Hall–Kier alpha value is -2.13. The van der Waals surface area contributed by atoms with Gasteiger partial charge in [0.15, 0.2) is 0 Å². The topological polar surface area (TPSA) is 32.3 Å². The third-order valence-electron chi connectivity index (χ3n) is 5.02. The van der Waals surface area contributed by atoms with E-state index in [1.165, 1.54) is 16.7 Å². The highest BCUT2D eigenvalue weighted by molar-refractivity contribution is 5.78. The van der Waals surface area contributed by atoms with E-state index in [0.29, 0.717) is 18.2 Å². The molecule has 1 aliphatic heterocycles. The fourth-order valence-electron chi connectivity index (χ4n) is 3.35. The summed E-state index contributed by atoms with van der Waals surface area (Å²) < 4.78 is 0. The zero-order valence-electron chi connectivity index (χ0n) is 15.1. The van der Waals surface area contributed by atoms with Crippen molar-refractivity contribution in [2.75, 3.05) is 13.1 Å². The molecule has 0 aliphatic carbocycles.